The molecule has 0 aliphatic carbocycles. The van der Waals surface area contributed by atoms with Crippen LogP contribution in [0.3, 0.4) is 0 Å². The van der Waals surface area contributed by atoms with E-state index in [9.17, 15) is 4.79 Å². The molecule has 0 radical (unpaired) electrons. The molecule has 4 nitrogen and oxygen atoms in total. The zero-order valence-electron chi connectivity index (χ0n) is 6.10. The van der Waals surface area contributed by atoms with Gasteiger partial charge in [0.05, 0.1) is 6.61 Å². The first-order valence-electron chi connectivity index (χ1n) is 2.69. The van der Waals surface area contributed by atoms with E-state index in [0.717, 1.165) is 0 Å². The Labute approximate surface area is 55.4 Å². The van der Waals surface area contributed by atoms with Gasteiger partial charge in [-0.1, -0.05) is 0 Å². The van der Waals surface area contributed by atoms with Crippen LogP contribution < -0.4 is 11.1 Å². The van der Waals surface area contributed by atoms with Crippen LogP contribution >= 0.6 is 0 Å². The smallest absolute Gasteiger partial charge is 0.404 e. The van der Waals surface area contributed by atoms with Gasteiger partial charge in [0.25, 0.3) is 0 Å². The Morgan fingerprint density at radius 1 is 1.67 bits per heavy atom. The normalized spacial score (nSPS) is 7.00. The molecule has 0 unspecified atom stereocenters. The van der Waals surface area contributed by atoms with Gasteiger partial charge in [-0.05, 0) is 21.0 Å². The van der Waals surface area contributed by atoms with Gasteiger partial charge in [-0.25, -0.2) is 4.79 Å². The molecule has 0 spiro atoms. The monoisotopic (exact) mass is 134 g/mol. The highest BCUT2D eigenvalue weighted by atomic mass is 16.5. The number of hydrogen-bond donors (Lipinski definition) is 2. The third-order valence-electron chi connectivity index (χ3n) is 0.287. The van der Waals surface area contributed by atoms with Gasteiger partial charge in [-0.2, -0.15) is 0 Å². The van der Waals surface area contributed by atoms with Crippen molar-refractivity contribution < 1.29 is 9.53 Å². The second-order valence-electron chi connectivity index (χ2n) is 1.25. The predicted molar refractivity (Wildman–Crippen MR) is 36.2 cm³/mol. The first-order valence-corrected chi connectivity index (χ1v) is 2.69. The Hall–Kier alpha value is -0.770. The van der Waals surface area contributed by atoms with Gasteiger partial charge in [-0.15, -0.1) is 0 Å². The standard InChI is InChI=1S/C3H7NO2.C2H7N/c1-2-6-3(4)5;1-3-2/h2H2,1H3,(H2,4,5);3H,1-2H3. The molecule has 0 aliphatic heterocycles. The highest BCUT2D eigenvalue weighted by Crippen LogP contribution is 1.66. The minimum atomic E-state index is -0.711. The SMILES string of the molecule is CCOC(N)=O.CNC. The summed E-state index contributed by atoms with van der Waals surface area (Å²) in [5, 5.41) is 2.75. The van der Waals surface area contributed by atoms with Gasteiger partial charge < -0.3 is 15.8 Å². The van der Waals surface area contributed by atoms with Crippen molar-refractivity contribution in [1.29, 1.82) is 0 Å². The van der Waals surface area contributed by atoms with E-state index >= 15 is 0 Å². The van der Waals surface area contributed by atoms with Gasteiger partial charge >= 0.3 is 6.09 Å². The Morgan fingerprint density at radius 3 is 2.00 bits per heavy atom. The molecule has 0 aliphatic rings. The second-order valence-corrected chi connectivity index (χ2v) is 1.25. The van der Waals surface area contributed by atoms with E-state index in [2.05, 4.69) is 15.8 Å². The fourth-order valence-corrected chi connectivity index (χ4v) is 0.142. The molecule has 1 amide bonds. The van der Waals surface area contributed by atoms with Crippen LogP contribution in [0.5, 0.6) is 0 Å². The largest absolute Gasteiger partial charge is 0.450 e. The summed E-state index contributed by atoms with van der Waals surface area (Å²) in [4.78, 5) is 9.60. The number of nitrogens with one attached hydrogen (secondary N) is 1. The van der Waals surface area contributed by atoms with E-state index in [0.29, 0.717) is 6.61 Å². The number of carbonyl (C=O) groups excluding carboxylic acids is 1. The Morgan fingerprint density at radius 2 is 2.00 bits per heavy atom. The molecule has 0 fully saturated rings. The second kappa shape index (κ2) is 10.3. The lowest BCUT2D eigenvalue weighted by Crippen LogP contribution is -2.11. The van der Waals surface area contributed by atoms with E-state index in [4.69, 9.17) is 0 Å². The minimum Gasteiger partial charge on any atom is -0.450 e. The molecule has 0 saturated heterocycles. The molecule has 0 aromatic rings. The lowest BCUT2D eigenvalue weighted by atomic mass is 10.9. The Balaban J connectivity index is 0. The Kier molecular flexibility index (Phi) is 12.6. The third-order valence-corrected chi connectivity index (χ3v) is 0.287. The summed E-state index contributed by atoms with van der Waals surface area (Å²) in [5.74, 6) is 0. The van der Waals surface area contributed by atoms with Crippen molar-refractivity contribution in [2.45, 2.75) is 6.92 Å². The van der Waals surface area contributed by atoms with Crippen molar-refractivity contribution in [2.24, 2.45) is 5.73 Å². The lowest BCUT2D eigenvalue weighted by Gasteiger charge is -1.89. The average molecular weight is 134 g/mol. The van der Waals surface area contributed by atoms with Gasteiger partial charge in [0.15, 0.2) is 0 Å². The molecule has 0 aromatic heterocycles. The third kappa shape index (κ3) is 39.8. The molecular weight excluding hydrogens is 120 g/mol. The van der Waals surface area contributed by atoms with Crippen molar-refractivity contribution in [2.75, 3.05) is 20.7 Å². The molecule has 0 saturated carbocycles. The number of amides is 1. The summed E-state index contributed by atoms with van der Waals surface area (Å²) < 4.78 is 4.18. The molecule has 0 aromatic carbocycles. The maximum atomic E-state index is 9.60. The van der Waals surface area contributed by atoms with Gasteiger partial charge in [0, 0.05) is 0 Å². The molecule has 3 N–H and O–H groups in total. The number of hydrogen-bond acceptors (Lipinski definition) is 3. The topological polar surface area (TPSA) is 64.3 Å². The van der Waals surface area contributed by atoms with Crippen molar-refractivity contribution in [3.63, 3.8) is 0 Å². The number of carbonyl (C=O) groups is 1. The van der Waals surface area contributed by atoms with E-state index in [1.165, 1.54) is 0 Å². The van der Waals surface area contributed by atoms with Crippen LogP contribution in [0.2, 0.25) is 0 Å². The van der Waals surface area contributed by atoms with Crippen LogP contribution in [0.1, 0.15) is 6.92 Å². The summed E-state index contributed by atoms with van der Waals surface area (Å²) in [6, 6.07) is 0. The van der Waals surface area contributed by atoms with E-state index < -0.39 is 6.09 Å². The quantitative estimate of drug-likeness (QED) is 0.528. The van der Waals surface area contributed by atoms with E-state index in [1.54, 1.807) is 6.92 Å². The highest BCUT2D eigenvalue weighted by molar-refractivity contribution is 5.64. The molecular formula is C5H14N2O2. The zero-order valence-corrected chi connectivity index (χ0v) is 6.10. The summed E-state index contributed by atoms with van der Waals surface area (Å²) in [7, 11) is 3.75. The summed E-state index contributed by atoms with van der Waals surface area (Å²) in [5.41, 5.74) is 4.54. The van der Waals surface area contributed by atoms with Crippen LogP contribution in [-0.2, 0) is 4.74 Å². The first-order chi connectivity index (χ1) is 4.18. The Bertz CT molecular complexity index is 66.0. The fraction of sp³-hybridized carbons (Fsp3) is 0.800. The summed E-state index contributed by atoms with van der Waals surface area (Å²) in [6.45, 7) is 2.06. The van der Waals surface area contributed by atoms with Crippen LogP contribution in [0, 0.1) is 0 Å². The summed E-state index contributed by atoms with van der Waals surface area (Å²) in [6.07, 6.45) is -0.711. The lowest BCUT2D eigenvalue weighted by molar-refractivity contribution is 0.163. The number of ether oxygens (including phenoxy) is 1. The molecule has 0 rings (SSSR count). The van der Waals surface area contributed by atoms with Gasteiger partial charge in [-0.3, -0.25) is 0 Å². The van der Waals surface area contributed by atoms with Crippen LogP contribution in [-0.4, -0.2) is 26.8 Å². The fourth-order valence-electron chi connectivity index (χ4n) is 0.142. The number of nitrogens with two attached hydrogens (primary N) is 1. The maximum Gasteiger partial charge on any atom is 0.404 e. The average Bonchev–Trinajstić information content (AvgIpc) is 1.67. The van der Waals surface area contributed by atoms with Gasteiger partial charge in [0.1, 0.15) is 0 Å². The maximum absolute atomic E-state index is 9.60. The molecule has 0 atom stereocenters. The van der Waals surface area contributed by atoms with E-state index in [-0.39, 0.29) is 0 Å². The zero-order chi connectivity index (χ0) is 7.70. The minimum absolute atomic E-state index is 0.356. The first kappa shape index (κ1) is 11.1. The predicted octanol–water partition coefficient (Wildman–Crippen LogP) is -0.0628. The van der Waals surface area contributed by atoms with Gasteiger partial charge in [0.2, 0.25) is 0 Å². The van der Waals surface area contributed by atoms with Crippen molar-refractivity contribution >= 4 is 6.09 Å². The molecule has 56 valence electrons. The number of rotatable bonds is 1. The number of primary amides is 1. The van der Waals surface area contributed by atoms with E-state index in [1.807, 2.05) is 14.1 Å². The van der Waals surface area contributed by atoms with Crippen LogP contribution in [0.15, 0.2) is 0 Å². The van der Waals surface area contributed by atoms with Crippen molar-refractivity contribution in [3.8, 4) is 0 Å². The van der Waals surface area contributed by atoms with Crippen molar-refractivity contribution in [1.82, 2.24) is 5.32 Å². The summed E-state index contributed by atoms with van der Waals surface area (Å²) >= 11 is 0. The molecule has 0 bridgehead atoms. The van der Waals surface area contributed by atoms with Crippen LogP contribution in [0.25, 0.3) is 0 Å². The van der Waals surface area contributed by atoms with Crippen LogP contribution in [0.4, 0.5) is 4.79 Å². The molecule has 9 heavy (non-hydrogen) atoms. The molecule has 4 heteroatoms. The van der Waals surface area contributed by atoms with Crippen molar-refractivity contribution in [3.05, 3.63) is 0 Å². The molecule has 0 heterocycles. The highest BCUT2D eigenvalue weighted by Gasteiger charge is 1.82.